The van der Waals surface area contributed by atoms with Crippen molar-refractivity contribution in [3.63, 3.8) is 0 Å². The summed E-state index contributed by atoms with van der Waals surface area (Å²) in [5, 5.41) is 14.2. The third-order valence-electron chi connectivity index (χ3n) is 4.90. The lowest BCUT2D eigenvalue weighted by Gasteiger charge is -2.10. The van der Waals surface area contributed by atoms with Gasteiger partial charge in [0.25, 0.3) is 5.91 Å². The van der Waals surface area contributed by atoms with Crippen LogP contribution in [0.3, 0.4) is 0 Å². The molecule has 0 spiro atoms. The summed E-state index contributed by atoms with van der Waals surface area (Å²) in [6.07, 6.45) is 0. The first-order valence-corrected chi connectivity index (χ1v) is 11.7. The van der Waals surface area contributed by atoms with Crippen molar-refractivity contribution in [2.75, 3.05) is 5.75 Å². The van der Waals surface area contributed by atoms with Gasteiger partial charge in [0.2, 0.25) is 0 Å². The largest absolute Gasteiger partial charge is 0.272 e. The molecule has 6 nitrogen and oxygen atoms in total. The summed E-state index contributed by atoms with van der Waals surface area (Å²) in [6.45, 7) is 3.84. The molecular formula is C25H22ClN5OS. The van der Waals surface area contributed by atoms with Crippen LogP contribution in [0, 0.1) is 6.92 Å². The highest BCUT2D eigenvalue weighted by Gasteiger charge is 2.17. The maximum atomic E-state index is 12.5. The van der Waals surface area contributed by atoms with Crippen LogP contribution in [0.1, 0.15) is 18.1 Å². The van der Waals surface area contributed by atoms with Gasteiger partial charge in [-0.15, -0.1) is 10.2 Å². The zero-order chi connectivity index (χ0) is 23.2. The number of rotatable bonds is 7. The molecule has 33 heavy (non-hydrogen) atoms. The minimum atomic E-state index is -0.245. The molecule has 1 N–H and O–H groups in total. The summed E-state index contributed by atoms with van der Waals surface area (Å²) < 4.78 is 1.96. The van der Waals surface area contributed by atoms with Gasteiger partial charge in [0.1, 0.15) is 0 Å². The zero-order valence-electron chi connectivity index (χ0n) is 18.2. The summed E-state index contributed by atoms with van der Waals surface area (Å²) >= 11 is 7.50. The van der Waals surface area contributed by atoms with Gasteiger partial charge in [-0.1, -0.05) is 89.6 Å². The molecule has 0 aliphatic heterocycles. The highest BCUT2D eigenvalue weighted by molar-refractivity contribution is 7.99. The number of amides is 1. The van der Waals surface area contributed by atoms with Crippen LogP contribution in [0.5, 0.6) is 0 Å². The van der Waals surface area contributed by atoms with E-state index in [4.69, 9.17) is 11.6 Å². The van der Waals surface area contributed by atoms with Crippen molar-refractivity contribution in [1.29, 1.82) is 0 Å². The number of carbonyl (C=O) groups excluding carboxylic acids is 1. The number of hydrogen-bond acceptors (Lipinski definition) is 5. The van der Waals surface area contributed by atoms with Crippen LogP contribution < -0.4 is 5.43 Å². The van der Waals surface area contributed by atoms with E-state index in [0.717, 1.165) is 22.6 Å². The Hall–Kier alpha value is -3.42. The number of hydrogen-bond donors (Lipinski definition) is 1. The first kappa shape index (κ1) is 22.8. The van der Waals surface area contributed by atoms with Crippen LogP contribution in [0.2, 0.25) is 5.02 Å². The molecule has 0 unspecified atom stereocenters. The van der Waals surface area contributed by atoms with Crippen LogP contribution in [0.15, 0.2) is 89.1 Å². The SMILES string of the molecule is C/C(=N\NC(=O)CSc1nnc(-c2ccc(C)cc2)n1-c1ccccc1)c1ccccc1Cl. The number of hydrazone groups is 1. The molecule has 0 aliphatic rings. The fraction of sp³-hybridized carbons (Fsp3) is 0.120. The molecule has 0 bridgehead atoms. The zero-order valence-corrected chi connectivity index (χ0v) is 19.8. The van der Waals surface area contributed by atoms with Gasteiger partial charge in [0.05, 0.1) is 11.5 Å². The Balaban J connectivity index is 1.52. The lowest BCUT2D eigenvalue weighted by atomic mass is 10.1. The lowest BCUT2D eigenvalue weighted by Crippen LogP contribution is -2.21. The Morgan fingerprint density at radius 3 is 2.42 bits per heavy atom. The molecule has 1 heterocycles. The first-order valence-electron chi connectivity index (χ1n) is 10.3. The van der Waals surface area contributed by atoms with Gasteiger partial charge < -0.3 is 0 Å². The normalized spacial score (nSPS) is 11.4. The fourth-order valence-corrected chi connectivity index (χ4v) is 4.20. The number of para-hydroxylation sites is 1. The smallest absolute Gasteiger partial charge is 0.250 e. The second kappa shape index (κ2) is 10.5. The van der Waals surface area contributed by atoms with E-state index in [0.29, 0.717) is 15.9 Å². The molecule has 4 aromatic rings. The van der Waals surface area contributed by atoms with E-state index in [1.54, 1.807) is 13.0 Å². The highest BCUT2D eigenvalue weighted by Crippen LogP contribution is 2.28. The van der Waals surface area contributed by atoms with Crippen molar-refractivity contribution < 1.29 is 4.79 Å². The summed E-state index contributed by atoms with van der Waals surface area (Å²) in [6, 6.07) is 25.3. The number of thioether (sulfide) groups is 1. The quantitative estimate of drug-likeness (QED) is 0.217. The minimum absolute atomic E-state index is 0.137. The van der Waals surface area contributed by atoms with E-state index in [1.807, 2.05) is 84.3 Å². The molecule has 0 saturated heterocycles. The van der Waals surface area contributed by atoms with Crippen LogP contribution in [0.4, 0.5) is 0 Å². The minimum Gasteiger partial charge on any atom is -0.272 e. The monoisotopic (exact) mass is 475 g/mol. The Morgan fingerprint density at radius 1 is 1.00 bits per heavy atom. The van der Waals surface area contributed by atoms with Crippen molar-refractivity contribution >= 4 is 35.0 Å². The van der Waals surface area contributed by atoms with E-state index < -0.39 is 0 Å². The van der Waals surface area contributed by atoms with Gasteiger partial charge in [-0.25, -0.2) is 5.43 Å². The second-order valence-corrected chi connectivity index (χ2v) is 8.69. The predicted octanol–water partition coefficient (Wildman–Crippen LogP) is 5.53. The van der Waals surface area contributed by atoms with Gasteiger partial charge in [-0.3, -0.25) is 9.36 Å². The molecule has 1 amide bonds. The molecular weight excluding hydrogens is 454 g/mol. The van der Waals surface area contributed by atoms with Gasteiger partial charge in [-0.2, -0.15) is 5.10 Å². The molecule has 0 saturated carbocycles. The maximum absolute atomic E-state index is 12.5. The lowest BCUT2D eigenvalue weighted by molar-refractivity contribution is -0.118. The van der Waals surface area contributed by atoms with Crippen molar-refractivity contribution in [1.82, 2.24) is 20.2 Å². The number of halogens is 1. The Bertz CT molecular complexity index is 1290. The van der Waals surface area contributed by atoms with Crippen molar-refractivity contribution in [2.45, 2.75) is 19.0 Å². The summed E-state index contributed by atoms with van der Waals surface area (Å²) in [7, 11) is 0. The standard InChI is InChI=1S/C25H22ClN5OS/c1-17-12-14-19(15-13-17)24-29-30-25(31(24)20-8-4-3-5-9-20)33-16-23(32)28-27-18(2)21-10-6-7-11-22(21)26/h3-15H,16H2,1-2H3,(H,28,32)/b27-18+. The highest BCUT2D eigenvalue weighted by atomic mass is 35.5. The number of benzene rings is 3. The van der Waals surface area contributed by atoms with E-state index >= 15 is 0 Å². The fourth-order valence-electron chi connectivity index (χ4n) is 3.19. The number of carbonyl (C=O) groups is 1. The van der Waals surface area contributed by atoms with Crippen LogP contribution in [0.25, 0.3) is 17.1 Å². The molecule has 0 radical (unpaired) electrons. The molecule has 3 aromatic carbocycles. The molecule has 8 heteroatoms. The third-order valence-corrected chi connectivity index (χ3v) is 6.16. The van der Waals surface area contributed by atoms with E-state index in [9.17, 15) is 4.79 Å². The van der Waals surface area contributed by atoms with Gasteiger partial charge >= 0.3 is 0 Å². The molecule has 166 valence electrons. The van der Waals surface area contributed by atoms with Crippen molar-refractivity contribution in [2.24, 2.45) is 5.10 Å². The van der Waals surface area contributed by atoms with E-state index in [-0.39, 0.29) is 11.7 Å². The Kier molecular flexibility index (Phi) is 7.22. The third kappa shape index (κ3) is 5.50. The molecule has 4 rings (SSSR count). The van der Waals surface area contributed by atoms with Crippen LogP contribution in [-0.2, 0) is 4.79 Å². The van der Waals surface area contributed by atoms with Gasteiger partial charge in [0.15, 0.2) is 11.0 Å². The molecule has 0 fully saturated rings. The van der Waals surface area contributed by atoms with Crippen LogP contribution >= 0.6 is 23.4 Å². The summed E-state index contributed by atoms with van der Waals surface area (Å²) in [5.74, 6) is 0.612. The van der Waals surface area contributed by atoms with Gasteiger partial charge in [0, 0.05) is 21.8 Å². The maximum Gasteiger partial charge on any atom is 0.250 e. The van der Waals surface area contributed by atoms with Crippen molar-refractivity contribution in [3.05, 3.63) is 95.0 Å². The topological polar surface area (TPSA) is 72.2 Å². The predicted molar refractivity (Wildman–Crippen MR) is 134 cm³/mol. The summed E-state index contributed by atoms with van der Waals surface area (Å²) in [4.78, 5) is 12.5. The molecule has 0 aliphatic carbocycles. The molecule has 1 aromatic heterocycles. The average Bonchev–Trinajstić information content (AvgIpc) is 3.26. The number of aryl methyl sites for hydroxylation is 1. The van der Waals surface area contributed by atoms with E-state index in [1.165, 1.54) is 17.3 Å². The van der Waals surface area contributed by atoms with E-state index in [2.05, 4.69) is 20.7 Å². The first-order chi connectivity index (χ1) is 16.0. The van der Waals surface area contributed by atoms with Crippen LogP contribution in [-0.4, -0.2) is 32.1 Å². The average molecular weight is 476 g/mol. The number of nitrogens with one attached hydrogen (secondary N) is 1. The van der Waals surface area contributed by atoms with Crippen molar-refractivity contribution in [3.8, 4) is 17.1 Å². The number of nitrogens with zero attached hydrogens (tertiary/aromatic N) is 4. The Morgan fingerprint density at radius 2 is 1.70 bits per heavy atom. The van der Waals surface area contributed by atoms with Gasteiger partial charge in [-0.05, 0) is 32.0 Å². The summed E-state index contributed by atoms with van der Waals surface area (Å²) in [5.41, 5.74) is 7.05. The second-order valence-electron chi connectivity index (χ2n) is 7.34. The molecule has 0 atom stereocenters. The number of aromatic nitrogens is 3. The Labute approximate surface area is 201 Å².